The zero-order chi connectivity index (χ0) is 11.6. The maximum absolute atomic E-state index is 9.19. The van der Waals surface area contributed by atoms with E-state index in [0.717, 1.165) is 12.8 Å². The van der Waals surface area contributed by atoms with Crippen molar-refractivity contribution in [2.45, 2.75) is 12.8 Å². The van der Waals surface area contributed by atoms with E-state index in [2.05, 4.69) is 15.3 Å². The Morgan fingerprint density at radius 1 is 1.56 bits per heavy atom. The van der Waals surface area contributed by atoms with Crippen LogP contribution < -0.4 is 10.1 Å². The summed E-state index contributed by atoms with van der Waals surface area (Å²) in [7, 11) is 1.52. The number of nitrogens with one attached hydrogen (secondary N) is 1. The number of aliphatic hydroxyl groups is 1. The molecule has 0 aromatic carbocycles. The second-order valence-corrected chi connectivity index (χ2v) is 4.42. The van der Waals surface area contributed by atoms with Crippen LogP contribution in [-0.2, 0) is 0 Å². The van der Waals surface area contributed by atoms with E-state index < -0.39 is 0 Å². The Hall–Kier alpha value is -1.07. The average Bonchev–Trinajstić information content (AvgIpc) is 3.07. The third-order valence-corrected chi connectivity index (χ3v) is 3.16. The molecule has 0 unspecified atom stereocenters. The summed E-state index contributed by atoms with van der Waals surface area (Å²) < 4.78 is 5.11. The fraction of sp³-hybridized carbons (Fsp3) is 0.600. The van der Waals surface area contributed by atoms with Crippen molar-refractivity contribution in [1.82, 2.24) is 9.97 Å². The summed E-state index contributed by atoms with van der Waals surface area (Å²) in [5, 5.41) is 12.6. The second kappa shape index (κ2) is 4.43. The minimum atomic E-state index is 0.0163. The van der Waals surface area contributed by atoms with Gasteiger partial charge < -0.3 is 15.2 Å². The highest BCUT2D eigenvalue weighted by Gasteiger charge is 2.41. The molecule has 16 heavy (non-hydrogen) atoms. The van der Waals surface area contributed by atoms with Gasteiger partial charge in [-0.2, -0.15) is 0 Å². The number of aromatic nitrogens is 2. The van der Waals surface area contributed by atoms with E-state index in [9.17, 15) is 5.11 Å². The predicted octanol–water partition coefficient (Wildman–Crippen LogP) is 1.32. The number of nitrogens with zero attached hydrogens (tertiary/aromatic N) is 2. The molecule has 1 saturated carbocycles. The molecule has 1 aromatic rings. The molecule has 88 valence electrons. The molecule has 1 heterocycles. The first-order chi connectivity index (χ1) is 7.71. The zero-order valence-corrected chi connectivity index (χ0v) is 9.79. The monoisotopic (exact) mass is 243 g/mol. The van der Waals surface area contributed by atoms with Crippen LogP contribution in [0.4, 0.5) is 5.82 Å². The standard InChI is InChI=1S/C10H14ClN3O2/c1-16-7-8(11)13-6-14-9(7)12-4-10(5-15)2-3-10/h6,15H,2-5H2,1H3,(H,12,13,14). The normalized spacial score (nSPS) is 16.9. The first kappa shape index (κ1) is 11.4. The van der Waals surface area contributed by atoms with Crippen LogP contribution in [0.25, 0.3) is 0 Å². The fourth-order valence-electron chi connectivity index (χ4n) is 1.50. The second-order valence-electron chi connectivity index (χ2n) is 4.06. The van der Waals surface area contributed by atoms with Gasteiger partial charge in [0, 0.05) is 12.0 Å². The van der Waals surface area contributed by atoms with Crippen molar-refractivity contribution >= 4 is 17.4 Å². The molecule has 1 aliphatic rings. The van der Waals surface area contributed by atoms with Crippen molar-refractivity contribution in [2.75, 3.05) is 25.6 Å². The molecule has 0 radical (unpaired) electrons. The van der Waals surface area contributed by atoms with Crippen molar-refractivity contribution in [3.8, 4) is 5.75 Å². The molecule has 1 aromatic heterocycles. The molecule has 1 fully saturated rings. The summed E-state index contributed by atoms with van der Waals surface area (Å²) in [6.07, 6.45) is 3.46. The van der Waals surface area contributed by atoms with Gasteiger partial charge in [0.1, 0.15) is 6.33 Å². The first-order valence-electron chi connectivity index (χ1n) is 5.10. The van der Waals surface area contributed by atoms with Gasteiger partial charge in [-0.3, -0.25) is 0 Å². The SMILES string of the molecule is COc1c(Cl)ncnc1NCC1(CO)CC1. The van der Waals surface area contributed by atoms with Gasteiger partial charge in [0.25, 0.3) is 0 Å². The lowest BCUT2D eigenvalue weighted by Gasteiger charge is -2.15. The summed E-state index contributed by atoms with van der Waals surface area (Å²) in [5.41, 5.74) is 0.0163. The van der Waals surface area contributed by atoms with Gasteiger partial charge in [0.05, 0.1) is 13.7 Å². The van der Waals surface area contributed by atoms with Crippen molar-refractivity contribution in [3.05, 3.63) is 11.5 Å². The lowest BCUT2D eigenvalue weighted by atomic mass is 10.1. The van der Waals surface area contributed by atoms with Gasteiger partial charge in [0.15, 0.2) is 16.7 Å². The van der Waals surface area contributed by atoms with E-state index in [1.807, 2.05) is 0 Å². The van der Waals surface area contributed by atoms with Gasteiger partial charge in [-0.05, 0) is 12.8 Å². The third kappa shape index (κ3) is 2.20. The molecule has 6 heteroatoms. The summed E-state index contributed by atoms with van der Waals surface area (Å²) in [4.78, 5) is 7.89. The van der Waals surface area contributed by atoms with Crippen molar-refractivity contribution in [1.29, 1.82) is 0 Å². The van der Waals surface area contributed by atoms with Crippen LogP contribution in [0.2, 0.25) is 5.15 Å². The maximum Gasteiger partial charge on any atom is 0.198 e. The largest absolute Gasteiger partial charge is 0.490 e. The predicted molar refractivity (Wildman–Crippen MR) is 60.8 cm³/mol. The van der Waals surface area contributed by atoms with Crippen molar-refractivity contribution in [3.63, 3.8) is 0 Å². The Bertz CT molecular complexity index is 382. The molecule has 0 atom stereocenters. The summed E-state index contributed by atoms with van der Waals surface area (Å²) in [6, 6.07) is 0. The van der Waals surface area contributed by atoms with Crippen LogP contribution in [0.15, 0.2) is 6.33 Å². The number of ether oxygens (including phenoxy) is 1. The molecule has 2 rings (SSSR count). The van der Waals surface area contributed by atoms with Gasteiger partial charge >= 0.3 is 0 Å². The number of aliphatic hydroxyl groups excluding tert-OH is 1. The van der Waals surface area contributed by atoms with Crippen LogP contribution in [0.1, 0.15) is 12.8 Å². The van der Waals surface area contributed by atoms with Crippen molar-refractivity contribution < 1.29 is 9.84 Å². The molecule has 5 nitrogen and oxygen atoms in total. The highest BCUT2D eigenvalue weighted by Crippen LogP contribution is 2.45. The molecule has 0 aliphatic heterocycles. The smallest absolute Gasteiger partial charge is 0.198 e. The van der Waals surface area contributed by atoms with E-state index >= 15 is 0 Å². The fourth-order valence-corrected chi connectivity index (χ4v) is 1.71. The summed E-state index contributed by atoms with van der Waals surface area (Å²) in [6.45, 7) is 0.869. The highest BCUT2D eigenvalue weighted by atomic mass is 35.5. The zero-order valence-electron chi connectivity index (χ0n) is 9.03. The number of methoxy groups -OCH3 is 1. The Balaban J connectivity index is 2.06. The van der Waals surface area contributed by atoms with E-state index in [4.69, 9.17) is 16.3 Å². The van der Waals surface area contributed by atoms with Crippen LogP contribution in [0.5, 0.6) is 5.75 Å². The quantitative estimate of drug-likeness (QED) is 0.764. The first-order valence-corrected chi connectivity index (χ1v) is 5.48. The number of rotatable bonds is 5. The van der Waals surface area contributed by atoms with Crippen LogP contribution >= 0.6 is 11.6 Å². The van der Waals surface area contributed by atoms with E-state index in [1.165, 1.54) is 13.4 Å². The van der Waals surface area contributed by atoms with Gasteiger partial charge in [-0.25, -0.2) is 9.97 Å². The molecular weight excluding hydrogens is 230 g/mol. The van der Waals surface area contributed by atoms with Crippen LogP contribution in [0.3, 0.4) is 0 Å². The number of hydrogen-bond acceptors (Lipinski definition) is 5. The molecule has 1 aliphatic carbocycles. The van der Waals surface area contributed by atoms with E-state index in [0.29, 0.717) is 18.1 Å². The van der Waals surface area contributed by atoms with Crippen molar-refractivity contribution in [2.24, 2.45) is 5.41 Å². The average molecular weight is 244 g/mol. The van der Waals surface area contributed by atoms with Gasteiger partial charge in [0.2, 0.25) is 0 Å². The third-order valence-electron chi connectivity index (χ3n) is 2.89. The molecular formula is C10H14ClN3O2. The summed E-state index contributed by atoms with van der Waals surface area (Å²) >= 11 is 5.86. The molecule has 0 saturated heterocycles. The van der Waals surface area contributed by atoms with Crippen LogP contribution in [0, 0.1) is 5.41 Å². The molecule has 0 amide bonds. The van der Waals surface area contributed by atoms with E-state index in [1.54, 1.807) is 0 Å². The Morgan fingerprint density at radius 3 is 2.88 bits per heavy atom. The van der Waals surface area contributed by atoms with Gasteiger partial charge in [-0.1, -0.05) is 11.6 Å². The minimum Gasteiger partial charge on any atom is -0.490 e. The topological polar surface area (TPSA) is 67.3 Å². The maximum atomic E-state index is 9.19. The Kier molecular flexibility index (Phi) is 3.16. The molecule has 0 bridgehead atoms. The number of hydrogen-bond donors (Lipinski definition) is 2. The molecule has 2 N–H and O–H groups in total. The van der Waals surface area contributed by atoms with Gasteiger partial charge in [-0.15, -0.1) is 0 Å². The number of anilines is 1. The minimum absolute atomic E-state index is 0.0163. The Labute approximate surface area is 98.8 Å². The summed E-state index contributed by atoms with van der Waals surface area (Å²) in [5.74, 6) is 1.01. The highest BCUT2D eigenvalue weighted by molar-refractivity contribution is 6.31. The lowest BCUT2D eigenvalue weighted by Crippen LogP contribution is -2.20. The lowest BCUT2D eigenvalue weighted by molar-refractivity contribution is 0.219. The Morgan fingerprint density at radius 2 is 2.31 bits per heavy atom. The van der Waals surface area contributed by atoms with Crippen LogP contribution in [-0.4, -0.2) is 35.3 Å². The molecule has 0 spiro atoms. The number of halogens is 1. The van der Waals surface area contributed by atoms with E-state index in [-0.39, 0.29) is 17.2 Å².